The topological polar surface area (TPSA) is 52.7 Å². The normalized spacial score (nSPS) is 11.2. The van der Waals surface area contributed by atoms with Crippen molar-refractivity contribution in [2.45, 2.75) is 26.4 Å². The van der Waals surface area contributed by atoms with Gasteiger partial charge in [-0.05, 0) is 24.3 Å². The Labute approximate surface area is 114 Å². The number of rotatable bonds is 4. The lowest BCUT2D eigenvalue weighted by Crippen LogP contribution is -2.20. The van der Waals surface area contributed by atoms with Gasteiger partial charge in [-0.25, -0.2) is 9.97 Å². The van der Waals surface area contributed by atoms with E-state index in [4.69, 9.17) is 0 Å². The maximum atomic E-state index is 12.2. The maximum absolute atomic E-state index is 12.2. The van der Waals surface area contributed by atoms with Gasteiger partial charge in [-0.15, -0.1) is 11.3 Å². The smallest absolute Gasteiger partial charge is 0.271 e. The van der Waals surface area contributed by atoms with Crippen molar-refractivity contribution < 1.29 is 0 Å². The van der Waals surface area contributed by atoms with E-state index in [1.54, 1.807) is 23.4 Å². The number of aromatic nitrogens is 4. The summed E-state index contributed by atoms with van der Waals surface area (Å²) in [4.78, 5) is 20.6. The molecule has 0 saturated carbocycles. The van der Waals surface area contributed by atoms with E-state index < -0.39 is 0 Å². The lowest BCUT2D eigenvalue weighted by molar-refractivity contribution is 0.550. The van der Waals surface area contributed by atoms with E-state index in [1.807, 2.05) is 23.1 Å². The van der Waals surface area contributed by atoms with Gasteiger partial charge in [0.1, 0.15) is 4.70 Å². The quantitative estimate of drug-likeness (QED) is 0.731. The summed E-state index contributed by atoms with van der Waals surface area (Å²) in [5.74, 6) is 0. The number of hydrogen-bond donors (Lipinski definition) is 0. The van der Waals surface area contributed by atoms with Gasteiger partial charge in [0.05, 0.1) is 18.2 Å². The van der Waals surface area contributed by atoms with Crippen LogP contribution in [0.15, 0.2) is 35.2 Å². The Balaban J connectivity index is 1.78. The van der Waals surface area contributed by atoms with E-state index in [-0.39, 0.29) is 5.56 Å². The third kappa shape index (κ3) is 2.31. The molecule has 0 unspecified atom stereocenters. The molecule has 19 heavy (non-hydrogen) atoms. The van der Waals surface area contributed by atoms with Gasteiger partial charge < -0.3 is 4.57 Å². The number of thiophene rings is 1. The fourth-order valence-corrected chi connectivity index (χ4v) is 3.01. The monoisotopic (exact) mass is 274 g/mol. The van der Waals surface area contributed by atoms with Gasteiger partial charge in [0.15, 0.2) is 0 Å². The second-order valence-corrected chi connectivity index (χ2v) is 5.37. The minimum Gasteiger partial charge on any atom is -0.337 e. The first-order valence-electron chi connectivity index (χ1n) is 6.14. The molecule has 98 valence electrons. The Kier molecular flexibility index (Phi) is 3.16. The zero-order valence-electron chi connectivity index (χ0n) is 10.6. The largest absolute Gasteiger partial charge is 0.337 e. The molecule has 0 atom stereocenters. The summed E-state index contributed by atoms with van der Waals surface area (Å²) in [6.45, 7) is 3.51. The minimum atomic E-state index is 0.0636. The van der Waals surface area contributed by atoms with Crippen LogP contribution in [-0.2, 0) is 13.1 Å². The van der Waals surface area contributed by atoms with Crippen LogP contribution in [0.4, 0.5) is 0 Å². The summed E-state index contributed by atoms with van der Waals surface area (Å²) in [7, 11) is 0. The highest BCUT2D eigenvalue weighted by molar-refractivity contribution is 7.17. The molecule has 3 aromatic heterocycles. The Hall–Kier alpha value is -1.95. The van der Waals surface area contributed by atoms with Crippen LogP contribution in [0.1, 0.15) is 12.0 Å². The third-order valence-electron chi connectivity index (χ3n) is 3.10. The summed E-state index contributed by atoms with van der Waals surface area (Å²) in [5, 5.41) is 1.98. The molecule has 0 aliphatic rings. The van der Waals surface area contributed by atoms with Gasteiger partial charge >= 0.3 is 0 Å². The van der Waals surface area contributed by atoms with Crippen LogP contribution in [0, 0.1) is 6.92 Å². The van der Waals surface area contributed by atoms with Crippen molar-refractivity contribution in [3.05, 3.63) is 46.3 Å². The van der Waals surface area contributed by atoms with Crippen LogP contribution >= 0.6 is 11.3 Å². The summed E-state index contributed by atoms with van der Waals surface area (Å²) in [5.41, 5.74) is 1.97. The van der Waals surface area contributed by atoms with Crippen molar-refractivity contribution in [1.82, 2.24) is 19.1 Å². The molecule has 0 aliphatic heterocycles. The summed E-state index contributed by atoms with van der Waals surface area (Å²) >= 11 is 1.47. The van der Waals surface area contributed by atoms with Crippen LogP contribution in [0.5, 0.6) is 0 Å². The zero-order chi connectivity index (χ0) is 13.2. The second kappa shape index (κ2) is 4.97. The average Bonchev–Trinajstić information content (AvgIpc) is 3.03. The first-order chi connectivity index (χ1) is 9.25. The van der Waals surface area contributed by atoms with Crippen molar-refractivity contribution >= 4 is 21.6 Å². The van der Waals surface area contributed by atoms with Gasteiger partial charge in [-0.2, -0.15) is 0 Å². The molecule has 5 nitrogen and oxygen atoms in total. The Morgan fingerprint density at radius 2 is 2.21 bits per heavy atom. The molecule has 0 N–H and O–H groups in total. The fraction of sp³-hybridized carbons (Fsp3) is 0.308. The number of fused-ring (bicyclic) bond motifs is 1. The number of hydrogen-bond acceptors (Lipinski definition) is 4. The van der Waals surface area contributed by atoms with Crippen molar-refractivity contribution in [2.24, 2.45) is 0 Å². The highest BCUT2D eigenvalue weighted by Gasteiger charge is 2.07. The summed E-state index contributed by atoms with van der Waals surface area (Å²) in [6.07, 6.45) is 8.00. The maximum Gasteiger partial charge on any atom is 0.271 e. The van der Waals surface area contributed by atoms with Crippen molar-refractivity contribution in [2.75, 3.05) is 0 Å². The van der Waals surface area contributed by atoms with Crippen LogP contribution in [0.25, 0.3) is 10.2 Å². The average molecular weight is 274 g/mol. The van der Waals surface area contributed by atoms with E-state index in [0.717, 1.165) is 28.7 Å². The lowest BCUT2D eigenvalue weighted by Gasteiger charge is -2.05. The predicted molar refractivity (Wildman–Crippen MR) is 75.5 cm³/mol. The van der Waals surface area contributed by atoms with Gasteiger partial charge in [-0.1, -0.05) is 0 Å². The molecule has 0 bridgehead atoms. The predicted octanol–water partition coefficient (Wildman–Crippen LogP) is 2.05. The molecular formula is C13H14N4OS. The fourth-order valence-electron chi connectivity index (χ4n) is 2.06. The first-order valence-corrected chi connectivity index (χ1v) is 7.02. The van der Waals surface area contributed by atoms with Gasteiger partial charge in [0, 0.05) is 25.5 Å². The van der Waals surface area contributed by atoms with Gasteiger partial charge in [0.25, 0.3) is 5.56 Å². The molecule has 0 amide bonds. The van der Waals surface area contributed by atoms with Crippen molar-refractivity contribution in [1.29, 1.82) is 0 Å². The van der Waals surface area contributed by atoms with E-state index in [1.165, 1.54) is 11.3 Å². The molecule has 0 saturated heterocycles. The Morgan fingerprint density at radius 1 is 1.32 bits per heavy atom. The molecule has 3 rings (SSSR count). The molecule has 0 aliphatic carbocycles. The standard InChI is InChI=1S/C13H14N4OS/c1-10-7-19-12-11(10)15-9-17(13(12)18)5-2-4-16-6-3-14-8-16/h3,6-9H,2,4-5H2,1H3. The molecular weight excluding hydrogens is 260 g/mol. The van der Waals surface area contributed by atoms with E-state index in [2.05, 4.69) is 9.97 Å². The second-order valence-electron chi connectivity index (χ2n) is 4.49. The van der Waals surface area contributed by atoms with Crippen molar-refractivity contribution in [3.63, 3.8) is 0 Å². The molecule has 3 aromatic rings. The molecule has 0 spiro atoms. The summed E-state index contributed by atoms with van der Waals surface area (Å²) < 4.78 is 4.45. The summed E-state index contributed by atoms with van der Waals surface area (Å²) in [6, 6.07) is 0. The molecule has 6 heteroatoms. The number of aryl methyl sites for hydroxylation is 3. The van der Waals surface area contributed by atoms with E-state index in [9.17, 15) is 4.79 Å². The van der Waals surface area contributed by atoms with Gasteiger partial charge in [-0.3, -0.25) is 9.36 Å². The molecule has 0 fully saturated rings. The highest BCUT2D eigenvalue weighted by atomic mass is 32.1. The van der Waals surface area contributed by atoms with Gasteiger partial charge in [0.2, 0.25) is 0 Å². The number of nitrogens with zero attached hydrogens (tertiary/aromatic N) is 4. The Bertz CT molecular complexity index is 742. The minimum absolute atomic E-state index is 0.0636. The van der Waals surface area contributed by atoms with Crippen LogP contribution in [0.3, 0.4) is 0 Å². The zero-order valence-corrected chi connectivity index (χ0v) is 11.4. The van der Waals surface area contributed by atoms with Crippen LogP contribution in [-0.4, -0.2) is 19.1 Å². The van der Waals surface area contributed by atoms with E-state index in [0.29, 0.717) is 6.54 Å². The molecule has 3 heterocycles. The molecule has 0 radical (unpaired) electrons. The lowest BCUT2D eigenvalue weighted by atomic mass is 10.3. The van der Waals surface area contributed by atoms with Crippen molar-refractivity contribution in [3.8, 4) is 0 Å². The number of imidazole rings is 1. The molecule has 0 aromatic carbocycles. The highest BCUT2D eigenvalue weighted by Crippen LogP contribution is 2.19. The van der Waals surface area contributed by atoms with E-state index >= 15 is 0 Å². The van der Waals surface area contributed by atoms with Crippen LogP contribution < -0.4 is 5.56 Å². The third-order valence-corrected chi connectivity index (χ3v) is 4.17. The Morgan fingerprint density at radius 3 is 3.00 bits per heavy atom. The first kappa shape index (κ1) is 12.1. The van der Waals surface area contributed by atoms with Crippen LogP contribution in [0.2, 0.25) is 0 Å². The SMILES string of the molecule is Cc1csc2c(=O)n(CCCn3ccnc3)cnc12.